The summed E-state index contributed by atoms with van der Waals surface area (Å²) in [7, 11) is 0. The number of hydrogen-bond acceptors (Lipinski definition) is 5. The average Bonchev–Trinajstić information content (AvgIpc) is 2.39. The zero-order valence-corrected chi connectivity index (χ0v) is 9.87. The summed E-state index contributed by atoms with van der Waals surface area (Å²) in [6.07, 6.45) is 3.07. The van der Waals surface area contributed by atoms with Gasteiger partial charge in [-0.05, 0) is 6.92 Å². The lowest BCUT2D eigenvalue weighted by atomic mass is 10.3. The maximum absolute atomic E-state index is 12.0. The van der Waals surface area contributed by atoms with Gasteiger partial charge in [-0.2, -0.15) is 0 Å². The fraction of sp³-hybridized carbons (Fsp3) is 0.636. The maximum atomic E-state index is 12.0. The van der Waals surface area contributed by atoms with Gasteiger partial charge in [-0.1, -0.05) is 0 Å². The summed E-state index contributed by atoms with van der Waals surface area (Å²) >= 11 is 0. The number of aromatic nitrogens is 2. The first-order valence-corrected chi connectivity index (χ1v) is 5.79. The third-order valence-corrected chi connectivity index (χ3v) is 2.88. The fourth-order valence-electron chi connectivity index (χ4n) is 1.92. The van der Waals surface area contributed by atoms with Crippen molar-refractivity contribution in [3.05, 3.63) is 22.7 Å². The van der Waals surface area contributed by atoms with Crippen LogP contribution in [0.1, 0.15) is 6.92 Å². The highest BCUT2D eigenvalue weighted by molar-refractivity contribution is 5.36. The Hall–Kier alpha value is -1.40. The highest BCUT2D eigenvalue weighted by atomic mass is 16.5. The van der Waals surface area contributed by atoms with E-state index in [4.69, 9.17) is 9.84 Å². The zero-order chi connectivity index (χ0) is 12.3. The molecule has 2 rings (SSSR count). The summed E-state index contributed by atoms with van der Waals surface area (Å²) < 4.78 is 6.96. The molecule has 1 unspecified atom stereocenters. The lowest BCUT2D eigenvalue weighted by Crippen LogP contribution is -2.46. The third kappa shape index (κ3) is 2.48. The van der Waals surface area contributed by atoms with Gasteiger partial charge < -0.3 is 19.3 Å². The molecule has 1 fully saturated rings. The molecule has 0 saturated carbocycles. The molecule has 1 aliphatic heterocycles. The summed E-state index contributed by atoms with van der Waals surface area (Å²) in [5, 5.41) is 9.07. The molecule has 1 atom stereocenters. The fourth-order valence-corrected chi connectivity index (χ4v) is 1.92. The van der Waals surface area contributed by atoms with Crippen LogP contribution in [0.15, 0.2) is 17.2 Å². The molecular weight excluding hydrogens is 222 g/mol. The predicted molar refractivity (Wildman–Crippen MR) is 63.2 cm³/mol. The molecule has 2 heterocycles. The van der Waals surface area contributed by atoms with Gasteiger partial charge in [0, 0.05) is 32.0 Å². The minimum atomic E-state index is -0.236. The molecular formula is C11H17N3O3. The summed E-state index contributed by atoms with van der Waals surface area (Å²) in [6.45, 7) is 4.15. The summed E-state index contributed by atoms with van der Waals surface area (Å²) in [6, 6.07) is 0. The number of aliphatic hydroxyl groups is 1. The lowest BCUT2D eigenvalue weighted by Gasteiger charge is -2.32. The van der Waals surface area contributed by atoms with E-state index in [1.807, 2.05) is 11.8 Å². The second-order valence-corrected chi connectivity index (χ2v) is 3.96. The van der Waals surface area contributed by atoms with Crippen molar-refractivity contribution in [2.45, 2.75) is 19.6 Å². The number of ether oxygens (including phenoxy) is 1. The van der Waals surface area contributed by atoms with E-state index < -0.39 is 0 Å². The van der Waals surface area contributed by atoms with E-state index in [9.17, 15) is 4.79 Å². The summed E-state index contributed by atoms with van der Waals surface area (Å²) in [5.41, 5.74) is -0.0893. The van der Waals surface area contributed by atoms with Gasteiger partial charge in [0.2, 0.25) is 0 Å². The predicted octanol–water partition coefficient (Wildman–Crippen LogP) is -0.539. The Balaban J connectivity index is 2.24. The Bertz CT molecular complexity index is 432. The smallest absolute Gasteiger partial charge is 0.293 e. The topological polar surface area (TPSA) is 67.6 Å². The second-order valence-electron chi connectivity index (χ2n) is 3.96. The lowest BCUT2D eigenvalue weighted by molar-refractivity contribution is 0.00327. The van der Waals surface area contributed by atoms with Crippen LogP contribution in [0.4, 0.5) is 5.82 Å². The van der Waals surface area contributed by atoms with Crippen molar-refractivity contribution in [2.24, 2.45) is 0 Å². The molecule has 0 aromatic carbocycles. The van der Waals surface area contributed by atoms with E-state index in [1.54, 1.807) is 17.0 Å². The normalized spacial score (nSPS) is 20.6. The minimum absolute atomic E-state index is 0.0364. The third-order valence-electron chi connectivity index (χ3n) is 2.88. The van der Waals surface area contributed by atoms with E-state index in [0.29, 0.717) is 32.1 Å². The Morgan fingerprint density at radius 2 is 2.47 bits per heavy atom. The van der Waals surface area contributed by atoms with Crippen LogP contribution in [0, 0.1) is 0 Å². The molecule has 0 radical (unpaired) electrons. The van der Waals surface area contributed by atoms with Gasteiger partial charge in [-0.15, -0.1) is 0 Å². The van der Waals surface area contributed by atoms with Crippen LogP contribution in [-0.4, -0.2) is 47.1 Å². The number of aliphatic hydroxyl groups excluding tert-OH is 1. The highest BCUT2D eigenvalue weighted by Gasteiger charge is 2.22. The van der Waals surface area contributed by atoms with Gasteiger partial charge in [0.1, 0.15) is 0 Å². The van der Waals surface area contributed by atoms with E-state index in [2.05, 4.69) is 4.98 Å². The Labute approximate surface area is 99.5 Å². The summed E-state index contributed by atoms with van der Waals surface area (Å²) in [5.74, 6) is 0.441. The molecule has 0 spiro atoms. The van der Waals surface area contributed by atoms with Crippen molar-refractivity contribution in [1.29, 1.82) is 0 Å². The van der Waals surface area contributed by atoms with Crippen molar-refractivity contribution in [2.75, 3.05) is 31.2 Å². The van der Waals surface area contributed by atoms with Crippen LogP contribution in [0.3, 0.4) is 0 Å². The molecule has 6 heteroatoms. The molecule has 0 bridgehead atoms. The largest absolute Gasteiger partial charge is 0.394 e. The SMILES string of the molecule is CCn1ccnc(N2CCOC(CO)C2)c1=O. The monoisotopic (exact) mass is 239 g/mol. The van der Waals surface area contributed by atoms with Gasteiger partial charge in [0.05, 0.1) is 19.3 Å². The molecule has 1 N–H and O–H groups in total. The van der Waals surface area contributed by atoms with Crippen LogP contribution >= 0.6 is 0 Å². The molecule has 1 aromatic heterocycles. The molecule has 0 aliphatic carbocycles. The number of anilines is 1. The molecule has 0 amide bonds. The van der Waals surface area contributed by atoms with Crippen LogP contribution < -0.4 is 10.5 Å². The van der Waals surface area contributed by atoms with Crippen LogP contribution in [0.5, 0.6) is 0 Å². The van der Waals surface area contributed by atoms with Gasteiger partial charge in [-0.25, -0.2) is 4.98 Å². The van der Waals surface area contributed by atoms with E-state index in [1.165, 1.54) is 0 Å². The van der Waals surface area contributed by atoms with Gasteiger partial charge in [0.15, 0.2) is 5.82 Å². The highest BCUT2D eigenvalue weighted by Crippen LogP contribution is 2.10. The van der Waals surface area contributed by atoms with Crippen molar-refractivity contribution in [3.63, 3.8) is 0 Å². The van der Waals surface area contributed by atoms with E-state index >= 15 is 0 Å². The Morgan fingerprint density at radius 3 is 3.18 bits per heavy atom. The summed E-state index contributed by atoms with van der Waals surface area (Å²) in [4.78, 5) is 18.1. The molecule has 1 aromatic rings. The zero-order valence-electron chi connectivity index (χ0n) is 9.87. The number of rotatable bonds is 3. The molecule has 17 heavy (non-hydrogen) atoms. The molecule has 6 nitrogen and oxygen atoms in total. The van der Waals surface area contributed by atoms with Crippen molar-refractivity contribution < 1.29 is 9.84 Å². The Kier molecular flexibility index (Phi) is 3.75. The van der Waals surface area contributed by atoms with Crippen LogP contribution in [0.25, 0.3) is 0 Å². The molecule has 1 saturated heterocycles. The second kappa shape index (κ2) is 5.29. The molecule has 1 aliphatic rings. The first-order valence-electron chi connectivity index (χ1n) is 5.79. The minimum Gasteiger partial charge on any atom is -0.394 e. The maximum Gasteiger partial charge on any atom is 0.293 e. The number of aryl methyl sites for hydroxylation is 1. The standard InChI is InChI=1S/C11H17N3O3/c1-2-13-4-3-12-10(11(13)16)14-5-6-17-9(7-14)8-15/h3-4,9,15H,2,5-8H2,1H3. The van der Waals surface area contributed by atoms with Crippen molar-refractivity contribution >= 4 is 5.82 Å². The van der Waals surface area contributed by atoms with Crippen LogP contribution in [-0.2, 0) is 11.3 Å². The first-order chi connectivity index (χ1) is 8.26. The quantitative estimate of drug-likeness (QED) is 0.767. The van der Waals surface area contributed by atoms with E-state index in [-0.39, 0.29) is 18.3 Å². The number of morpholine rings is 1. The van der Waals surface area contributed by atoms with Crippen molar-refractivity contribution in [3.8, 4) is 0 Å². The first kappa shape index (κ1) is 12.1. The number of nitrogens with zero attached hydrogens (tertiary/aromatic N) is 3. The number of hydrogen-bond donors (Lipinski definition) is 1. The van der Waals surface area contributed by atoms with Gasteiger partial charge >= 0.3 is 0 Å². The van der Waals surface area contributed by atoms with Gasteiger partial charge in [0.25, 0.3) is 5.56 Å². The van der Waals surface area contributed by atoms with E-state index in [0.717, 1.165) is 0 Å². The Morgan fingerprint density at radius 1 is 1.65 bits per heavy atom. The average molecular weight is 239 g/mol. The van der Waals surface area contributed by atoms with Gasteiger partial charge in [-0.3, -0.25) is 4.79 Å². The van der Waals surface area contributed by atoms with Crippen molar-refractivity contribution in [1.82, 2.24) is 9.55 Å². The molecule has 94 valence electrons. The van der Waals surface area contributed by atoms with Crippen LogP contribution in [0.2, 0.25) is 0 Å².